The number of anilines is 2. The Kier molecular flexibility index (Phi) is 3.10. The van der Waals surface area contributed by atoms with E-state index < -0.39 is 0 Å². The van der Waals surface area contributed by atoms with Gasteiger partial charge >= 0.3 is 0 Å². The quantitative estimate of drug-likeness (QED) is 0.856. The molecule has 2 aromatic rings. The van der Waals surface area contributed by atoms with Crippen molar-refractivity contribution in [3.63, 3.8) is 0 Å². The molecule has 1 aromatic heterocycles. The van der Waals surface area contributed by atoms with E-state index in [-0.39, 0.29) is 11.8 Å². The van der Waals surface area contributed by atoms with Crippen LogP contribution in [0.1, 0.15) is 5.56 Å². The summed E-state index contributed by atoms with van der Waals surface area (Å²) in [4.78, 5) is 20.1. The summed E-state index contributed by atoms with van der Waals surface area (Å²) in [6.45, 7) is 0.642. The first-order valence-electron chi connectivity index (χ1n) is 6.21. The number of carbonyl (C=O) groups excluding carboxylic acids is 1. The van der Waals surface area contributed by atoms with Crippen LogP contribution in [0.2, 0.25) is 0 Å². The first-order chi connectivity index (χ1) is 9.33. The molecule has 0 spiro atoms. The lowest BCUT2D eigenvalue weighted by Gasteiger charge is -2.25. The van der Waals surface area contributed by atoms with Gasteiger partial charge < -0.3 is 10.6 Å². The van der Waals surface area contributed by atoms with Gasteiger partial charge in [-0.25, -0.2) is 4.98 Å². The molecule has 2 N–H and O–H groups in total. The first kappa shape index (κ1) is 11.6. The summed E-state index contributed by atoms with van der Waals surface area (Å²) in [5, 5.41) is 6.07. The minimum Gasteiger partial charge on any atom is -0.384 e. The maximum atomic E-state index is 12.2. The Morgan fingerprint density at radius 2 is 2.21 bits per heavy atom. The topological polar surface area (TPSA) is 66.9 Å². The molecular weight excluding hydrogens is 240 g/mol. The third-order valence-corrected chi connectivity index (χ3v) is 3.21. The van der Waals surface area contributed by atoms with Crippen LogP contribution in [0.25, 0.3) is 0 Å². The lowest BCUT2D eigenvalue weighted by atomic mass is 9.93. The summed E-state index contributed by atoms with van der Waals surface area (Å²) in [6, 6.07) is 8.06. The Labute approximate surface area is 111 Å². The van der Waals surface area contributed by atoms with Gasteiger partial charge in [0.25, 0.3) is 0 Å². The molecule has 0 aliphatic carbocycles. The van der Waals surface area contributed by atoms with Crippen LogP contribution in [0, 0.1) is 5.92 Å². The van der Waals surface area contributed by atoms with Crippen molar-refractivity contribution in [1.29, 1.82) is 0 Å². The standard InChI is InChI=1S/C14H14N4O/c19-14(18-13-9-15-5-6-16-13)11-7-10-3-1-2-4-12(10)17-8-11/h1-6,9,11,17H,7-8H2,(H,16,18,19). The van der Waals surface area contributed by atoms with E-state index in [9.17, 15) is 4.79 Å². The van der Waals surface area contributed by atoms with Crippen LogP contribution in [-0.2, 0) is 11.2 Å². The highest BCUT2D eigenvalue weighted by Crippen LogP contribution is 2.24. The Morgan fingerprint density at radius 1 is 1.32 bits per heavy atom. The van der Waals surface area contributed by atoms with Crippen LogP contribution < -0.4 is 10.6 Å². The van der Waals surface area contributed by atoms with Gasteiger partial charge in [0, 0.05) is 24.6 Å². The lowest BCUT2D eigenvalue weighted by Crippen LogP contribution is -2.33. The highest BCUT2D eigenvalue weighted by Gasteiger charge is 2.24. The van der Waals surface area contributed by atoms with Crippen molar-refractivity contribution in [3.05, 3.63) is 48.4 Å². The van der Waals surface area contributed by atoms with E-state index in [1.807, 2.05) is 24.3 Å². The number of benzene rings is 1. The van der Waals surface area contributed by atoms with Crippen molar-refractivity contribution in [2.24, 2.45) is 5.92 Å². The average molecular weight is 254 g/mol. The summed E-state index contributed by atoms with van der Waals surface area (Å²) in [5.74, 6) is 0.380. The summed E-state index contributed by atoms with van der Waals surface area (Å²) >= 11 is 0. The van der Waals surface area contributed by atoms with Gasteiger partial charge in [-0.3, -0.25) is 9.78 Å². The fourth-order valence-electron chi connectivity index (χ4n) is 2.22. The zero-order valence-corrected chi connectivity index (χ0v) is 10.3. The number of hydrogen-bond donors (Lipinski definition) is 2. The second kappa shape index (κ2) is 5.06. The van der Waals surface area contributed by atoms with Gasteiger partial charge in [0.2, 0.25) is 5.91 Å². The van der Waals surface area contributed by atoms with Gasteiger partial charge in [-0.15, -0.1) is 0 Å². The molecule has 0 saturated carbocycles. The minimum absolute atomic E-state index is 0.0255. The molecule has 5 heteroatoms. The Bertz CT molecular complexity index is 585. The summed E-state index contributed by atoms with van der Waals surface area (Å²) in [7, 11) is 0. The number of hydrogen-bond acceptors (Lipinski definition) is 4. The second-order valence-electron chi connectivity index (χ2n) is 4.52. The minimum atomic E-state index is -0.0862. The molecule has 96 valence electrons. The monoisotopic (exact) mass is 254 g/mol. The van der Waals surface area contributed by atoms with E-state index in [0.717, 1.165) is 12.1 Å². The zero-order valence-electron chi connectivity index (χ0n) is 10.3. The van der Waals surface area contributed by atoms with Crippen LogP contribution >= 0.6 is 0 Å². The Morgan fingerprint density at radius 3 is 3.05 bits per heavy atom. The van der Waals surface area contributed by atoms with Crippen molar-refractivity contribution in [2.75, 3.05) is 17.2 Å². The molecule has 0 radical (unpaired) electrons. The highest BCUT2D eigenvalue weighted by molar-refractivity contribution is 5.92. The maximum Gasteiger partial charge on any atom is 0.230 e. The highest BCUT2D eigenvalue weighted by atomic mass is 16.2. The zero-order chi connectivity index (χ0) is 13.1. The normalized spacial score (nSPS) is 17.2. The number of fused-ring (bicyclic) bond motifs is 1. The fraction of sp³-hybridized carbons (Fsp3) is 0.214. The number of para-hydroxylation sites is 1. The molecule has 1 amide bonds. The Hall–Kier alpha value is -2.43. The van der Waals surface area contributed by atoms with Crippen LogP contribution in [0.5, 0.6) is 0 Å². The number of aromatic nitrogens is 2. The van der Waals surface area contributed by atoms with E-state index in [1.54, 1.807) is 18.6 Å². The molecule has 5 nitrogen and oxygen atoms in total. The van der Waals surface area contributed by atoms with E-state index in [4.69, 9.17) is 0 Å². The van der Waals surface area contributed by atoms with Crippen molar-refractivity contribution in [1.82, 2.24) is 9.97 Å². The molecule has 1 atom stereocenters. The molecule has 0 fully saturated rings. The largest absolute Gasteiger partial charge is 0.384 e. The summed E-state index contributed by atoms with van der Waals surface area (Å²) in [5.41, 5.74) is 2.29. The molecule has 19 heavy (non-hydrogen) atoms. The smallest absolute Gasteiger partial charge is 0.230 e. The second-order valence-corrected chi connectivity index (χ2v) is 4.52. The van der Waals surface area contributed by atoms with E-state index in [1.165, 1.54) is 5.56 Å². The molecule has 3 rings (SSSR count). The van der Waals surface area contributed by atoms with Crippen molar-refractivity contribution >= 4 is 17.4 Å². The predicted molar refractivity (Wildman–Crippen MR) is 72.8 cm³/mol. The maximum absolute atomic E-state index is 12.2. The lowest BCUT2D eigenvalue weighted by molar-refractivity contribution is -0.119. The van der Waals surface area contributed by atoms with Crippen molar-refractivity contribution < 1.29 is 4.79 Å². The molecule has 0 bridgehead atoms. The molecular formula is C14H14N4O. The summed E-state index contributed by atoms with van der Waals surface area (Å²) < 4.78 is 0. The van der Waals surface area contributed by atoms with E-state index in [2.05, 4.69) is 20.6 Å². The number of carbonyl (C=O) groups is 1. The van der Waals surface area contributed by atoms with Crippen LogP contribution in [0.15, 0.2) is 42.9 Å². The first-order valence-corrected chi connectivity index (χ1v) is 6.21. The van der Waals surface area contributed by atoms with Crippen LogP contribution in [0.3, 0.4) is 0 Å². The number of nitrogens with zero attached hydrogens (tertiary/aromatic N) is 2. The number of amides is 1. The SMILES string of the molecule is O=C(Nc1cnccn1)C1CNc2ccccc2C1. The van der Waals surface area contributed by atoms with Gasteiger partial charge in [-0.2, -0.15) is 0 Å². The van der Waals surface area contributed by atoms with Gasteiger partial charge in [0.1, 0.15) is 0 Å². The number of nitrogens with one attached hydrogen (secondary N) is 2. The average Bonchev–Trinajstić information content (AvgIpc) is 2.48. The molecule has 0 saturated heterocycles. The molecule has 1 aromatic carbocycles. The van der Waals surface area contributed by atoms with Crippen molar-refractivity contribution in [2.45, 2.75) is 6.42 Å². The fourth-order valence-corrected chi connectivity index (χ4v) is 2.22. The molecule has 1 aliphatic rings. The predicted octanol–water partition coefficient (Wildman–Crippen LogP) is 1.70. The third kappa shape index (κ3) is 2.54. The molecule has 1 aliphatic heterocycles. The number of rotatable bonds is 2. The van der Waals surface area contributed by atoms with Crippen molar-refractivity contribution in [3.8, 4) is 0 Å². The van der Waals surface area contributed by atoms with Gasteiger partial charge in [0.15, 0.2) is 5.82 Å². The van der Waals surface area contributed by atoms with E-state index >= 15 is 0 Å². The van der Waals surface area contributed by atoms with Gasteiger partial charge in [-0.05, 0) is 18.1 Å². The van der Waals surface area contributed by atoms with Gasteiger partial charge in [-0.1, -0.05) is 18.2 Å². The van der Waals surface area contributed by atoms with Crippen LogP contribution in [0.4, 0.5) is 11.5 Å². The Balaban J connectivity index is 1.70. The van der Waals surface area contributed by atoms with Gasteiger partial charge in [0.05, 0.1) is 12.1 Å². The summed E-state index contributed by atoms with van der Waals surface area (Å²) in [6.07, 6.45) is 5.43. The van der Waals surface area contributed by atoms with Crippen LogP contribution in [-0.4, -0.2) is 22.4 Å². The molecule has 1 unspecified atom stereocenters. The van der Waals surface area contributed by atoms with E-state index in [0.29, 0.717) is 12.4 Å². The third-order valence-electron chi connectivity index (χ3n) is 3.21. The molecule has 2 heterocycles.